The summed E-state index contributed by atoms with van der Waals surface area (Å²) in [5.74, 6) is -0.352. The third-order valence-electron chi connectivity index (χ3n) is 3.68. The number of hydrogen-bond acceptors (Lipinski definition) is 3. The average Bonchev–Trinajstić information content (AvgIpc) is 2.55. The van der Waals surface area contributed by atoms with E-state index in [-0.39, 0.29) is 18.4 Å². The van der Waals surface area contributed by atoms with Crippen LogP contribution >= 0.6 is 0 Å². The van der Waals surface area contributed by atoms with Gasteiger partial charge in [0.25, 0.3) is 5.91 Å². The lowest BCUT2D eigenvalue weighted by Crippen LogP contribution is -2.23. The molecule has 0 unspecified atom stereocenters. The molecule has 120 valence electrons. The predicted octanol–water partition coefficient (Wildman–Crippen LogP) is 2.71. The van der Waals surface area contributed by atoms with Crippen LogP contribution in [0.25, 0.3) is 0 Å². The zero-order chi connectivity index (χ0) is 16.8. The Labute approximate surface area is 136 Å². The number of carbonyl (C=O) groups excluding carboxylic acids is 2. The summed E-state index contributed by atoms with van der Waals surface area (Å²) in [5.41, 5.74) is 4.35. The fourth-order valence-corrected chi connectivity index (χ4v) is 2.21. The molecule has 2 aromatic rings. The Morgan fingerprint density at radius 1 is 1.04 bits per heavy atom. The summed E-state index contributed by atoms with van der Waals surface area (Å²) >= 11 is 0. The van der Waals surface area contributed by atoms with Gasteiger partial charge >= 0.3 is 0 Å². The molecule has 0 aliphatic carbocycles. The fourth-order valence-electron chi connectivity index (χ4n) is 2.21. The summed E-state index contributed by atoms with van der Waals surface area (Å²) in [6, 6.07) is 12.8. The molecular formula is C18H21N3O2. The van der Waals surface area contributed by atoms with Crippen molar-refractivity contribution in [3.05, 3.63) is 59.2 Å². The van der Waals surface area contributed by atoms with Gasteiger partial charge in [-0.05, 0) is 49.2 Å². The van der Waals surface area contributed by atoms with Crippen LogP contribution in [-0.2, 0) is 4.79 Å². The molecule has 0 radical (unpaired) electrons. The van der Waals surface area contributed by atoms with Crippen LogP contribution in [0.1, 0.15) is 21.5 Å². The summed E-state index contributed by atoms with van der Waals surface area (Å²) in [5, 5.41) is 8.47. The highest BCUT2D eigenvalue weighted by molar-refractivity contribution is 5.98. The number of nitrogens with one attached hydrogen (secondary N) is 3. The van der Waals surface area contributed by atoms with Crippen LogP contribution in [-0.4, -0.2) is 25.4 Å². The molecule has 23 heavy (non-hydrogen) atoms. The van der Waals surface area contributed by atoms with Crippen molar-refractivity contribution >= 4 is 23.2 Å². The second kappa shape index (κ2) is 7.45. The van der Waals surface area contributed by atoms with Crippen molar-refractivity contribution in [3.63, 3.8) is 0 Å². The number of hydrogen-bond donors (Lipinski definition) is 3. The average molecular weight is 311 g/mol. The Kier molecular flexibility index (Phi) is 5.36. The van der Waals surface area contributed by atoms with Crippen molar-refractivity contribution in [2.24, 2.45) is 0 Å². The molecule has 2 rings (SSSR count). The molecular weight excluding hydrogens is 290 g/mol. The zero-order valence-corrected chi connectivity index (χ0v) is 13.6. The molecule has 5 heteroatoms. The van der Waals surface area contributed by atoms with Crippen LogP contribution in [0.5, 0.6) is 0 Å². The highest BCUT2D eigenvalue weighted by Gasteiger charge is 2.07. The van der Waals surface area contributed by atoms with Gasteiger partial charge in [-0.1, -0.05) is 18.2 Å². The van der Waals surface area contributed by atoms with Gasteiger partial charge in [-0.15, -0.1) is 0 Å². The number of rotatable bonds is 5. The van der Waals surface area contributed by atoms with Crippen molar-refractivity contribution in [2.45, 2.75) is 13.8 Å². The van der Waals surface area contributed by atoms with Crippen LogP contribution in [0.15, 0.2) is 42.5 Å². The lowest BCUT2D eigenvalue weighted by Gasteiger charge is -2.12. The van der Waals surface area contributed by atoms with E-state index < -0.39 is 0 Å². The van der Waals surface area contributed by atoms with E-state index in [0.29, 0.717) is 11.3 Å². The summed E-state index contributed by atoms with van der Waals surface area (Å²) < 4.78 is 0. The van der Waals surface area contributed by atoms with Crippen molar-refractivity contribution in [1.82, 2.24) is 5.32 Å². The molecule has 0 spiro atoms. The number of aryl methyl sites for hydroxylation is 1. The van der Waals surface area contributed by atoms with E-state index in [1.807, 2.05) is 32.0 Å². The van der Waals surface area contributed by atoms with Crippen molar-refractivity contribution in [1.29, 1.82) is 0 Å². The molecule has 3 N–H and O–H groups in total. The maximum atomic E-state index is 12.1. The molecule has 2 aromatic carbocycles. The molecule has 0 atom stereocenters. The molecule has 0 bridgehead atoms. The summed E-state index contributed by atoms with van der Waals surface area (Å²) in [6.45, 7) is 4.21. The third-order valence-corrected chi connectivity index (χ3v) is 3.68. The Morgan fingerprint density at radius 3 is 2.52 bits per heavy atom. The van der Waals surface area contributed by atoms with Crippen LogP contribution in [0, 0.1) is 13.8 Å². The maximum Gasteiger partial charge on any atom is 0.251 e. The molecule has 0 heterocycles. The zero-order valence-electron chi connectivity index (χ0n) is 13.6. The highest BCUT2D eigenvalue weighted by atomic mass is 16.2. The van der Waals surface area contributed by atoms with Crippen LogP contribution in [0.4, 0.5) is 11.4 Å². The standard InChI is InChI=1S/C18H21N3O2/c1-12-6-4-9-16(13(12)2)20-11-17(22)21-15-8-5-7-14(10-15)18(23)19-3/h4-10,20H,11H2,1-3H3,(H,19,23)(H,21,22). The Bertz CT molecular complexity index is 726. The van der Waals surface area contributed by atoms with Crippen molar-refractivity contribution in [3.8, 4) is 0 Å². The Hall–Kier alpha value is -2.82. The van der Waals surface area contributed by atoms with E-state index >= 15 is 0 Å². The maximum absolute atomic E-state index is 12.1. The molecule has 0 aromatic heterocycles. The van der Waals surface area contributed by atoms with E-state index in [2.05, 4.69) is 16.0 Å². The molecule has 0 aliphatic heterocycles. The monoisotopic (exact) mass is 311 g/mol. The van der Waals surface area contributed by atoms with Gasteiger partial charge < -0.3 is 16.0 Å². The third kappa shape index (κ3) is 4.32. The minimum atomic E-state index is -0.186. The van der Waals surface area contributed by atoms with Crippen LogP contribution in [0.3, 0.4) is 0 Å². The van der Waals surface area contributed by atoms with E-state index in [9.17, 15) is 9.59 Å². The number of anilines is 2. The minimum Gasteiger partial charge on any atom is -0.376 e. The van der Waals surface area contributed by atoms with Gasteiger partial charge in [0.1, 0.15) is 0 Å². The normalized spacial score (nSPS) is 10.0. The number of amides is 2. The molecule has 0 fully saturated rings. The summed E-state index contributed by atoms with van der Waals surface area (Å²) in [7, 11) is 1.57. The lowest BCUT2D eigenvalue weighted by molar-refractivity contribution is -0.114. The first-order valence-corrected chi connectivity index (χ1v) is 7.43. The highest BCUT2D eigenvalue weighted by Crippen LogP contribution is 2.17. The topological polar surface area (TPSA) is 70.2 Å². The van der Waals surface area contributed by atoms with Gasteiger partial charge in [0.05, 0.1) is 6.54 Å². The van der Waals surface area contributed by atoms with Crippen molar-refractivity contribution < 1.29 is 9.59 Å². The molecule has 0 saturated heterocycles. The van der Waals surface area contributed by atoms with E-state index in [1.54, 1.807) is 31.3 Å². The van der Waals surface area contributed by atoms with Gasteiger partial charge in [-0.2, -0.15) is 0 Å². The fraction of sp³-hybridized carbons (Fsp3) is 0.222. The first-order chi connectivity index (χ1) is 11.0. The second-order valence-electron chi connectivity index (χ2n) is 5.31. The van der Waals surface area contributed by atoms with Crippen LogP contribution in [0.2, 0.25) is 0 Å². The summed E-state index contributed by atoms with van der Waals surface area (Å²) in [6.07, 6.45) is 0. The first-order valence-electron chi connectivity index (χ1n) is 7.43. The van der Waals surface area contributed by atoms with Crippen LogP contribution < -0.4 is 16.0 Å². The van der Waals surface area contributed by atoms with Gasteiger partial charge in [0.2, 0.25) is 5.91 Å². The second-order valence-corrected chi connectivity index (χ2v) is 5.31. The van der Waals surface area contributed by atoms with Gasteiger partial charge in [-0.3, -0.25) is 9.59 Å². The lowest BCUT2D eigenvalue weighted by atomic mass is 10.1. The Morgan fingerprint density at radius 2 is 1.78 bits per heavy atom. The number of benzene rings is 2. The van der Waals surface area contributed by atoms with Gasteiger partial charge in [0.15, 0.2) is 0 Å². The van der Waals surface area contributed by atoms with Gasteiger partial charge in [-0.25, -0.2) is 0 Å². The largest absolute Gasteiger partial charge is 0.376 e. The van der Waals surface area contributed by atoms with Gasteiger partial charge in [0, 0.05) is 24.0 Å². The molecule has 2 amide bonds. The van der Waals surface area contributed by atoms with E-state index in [1.165, 1.54) is 5.56 Å². The quantitative estimate of drug-likeness (QED) is 0.795. The number of carbonyl (C=O) groups is 2. The summed E-state index contributed by atoms with van der Waals surface area (Å²) in [4.78, 5) is 23.7. The minimum absolute atomic E-state index is 0.161. The molecule has 0 saturated carbocycles. The first kappa shape index (κ1) is 16.5. The smallest absolute Gasteiger partial charge is 0.251 e. The predicted molar refractivity (Wildman–Crippen MR) is 92.9 cm³/mol. The van der Waals surface area contributed by atoms with E-state index in [0.717, 1.165) is 11.3 Å². The van der Waals surface area contributed by atoms with E-state index in [4.69, 9.17) is 0 Å². The Balaban J connectivity index is 1.97. The molecule has 0 aliphatic rings. The van der Waals surface area contributed by atoms with Crippen molar-refractivity contribution in [2.75, 3.05) is 24.2 Å². The molecule has 5 nitrogen and oxygen atoms in total. The SMILES string of the molecule is CNC(=O)c1cccc(NC(=O)CNc2cccc(C)c2C)c1.